The Kier molecular flexibility index (Phi) is 1.97. The number of nitrogens with two attached hydrogens (primary N) is 1. The third-order valence-electron chi connectivity index (χ3n) is 3.56. The highest BCUT2D eigenvalue weighted by atomic mass is 15.1. The van der Waals surface area contributed by atoms with Gasteiger partial charge in [0, 0.05) is 17.3 Å². The van der Waals surface area contributed by atoms with Crippen molar-refractivity contribution in [3.05, 3.63) is 35.8 Å². The number of fused-ring (bicyclic) bond motifs is 1. The van der Waals surface area contributed by atoms with Crippen molar-refractivity contribution >= 4 is 5.65 Å². The predicted octanol–water partition coefficient (Wildman–Crippen LogP) is 2.58. The van der Waals surface area contributed by atoms with Gasteiger partial charge >= 0.3 is 0 Å². The Labute approximate surface area is 102 Å². The highest BCUT2D eigenvalue weighted by Crippen LogP contribution is 2.42. The second kappa shape index (κ2) is 3.10. The summed E-state index contributed by atoms with van der Waals surface area (Å²) in [5.74, 6) is 0. The minimum absolute atomic E-state index is 0.0780. The molecule has 2 aromatic rings. The van der Waals surface area contributed by atoms with E-state index in [1.807, 2.05) is 6.07 Å². The Hall–Kier alpha value is -1.35. The third kappa shape index (κ3) is 1.65. The van der Waals surface area contributed by atoms with E-state index in [0.717, 1.165) is 24.2 Å². The molecule has 1 fully saturated rings. The Bertz CT molecular complexity index is 571. The lowest BCUT2D eigenvalue weighted by atomic mass is 9.93. The van der Waals surface area contributed by atoms with Crippen LogP contribution < -0.4 is 5.73 Å². The Morgan fingerprint density at radius 1 is 1.29 bits per heavy atom. The summed E-state index contributed by atoms with van der Waals surface area (Å²) < 4.78 is 2.16. The summed E-state index contributed by atoms with van der Waals surface area (Å²) in [6.45, 7) is 6.55. The van der Waals surface area contributed by atoms with Crippen LogP contribution in [0.2, 0.25) is 0 Å². The molecule has 0 aliphatic heterocycles. The molecule has 2 aromatic heterocycles. The summed E-state index contributed by atoms with van der Waals surface area (Å²) in [7, 11) is 0. The fourth-order valence-corrected chi connectivity index (χ4v) is 2.17. The molecular formula is C14H19N3. The maximum Gasteiger partial charge on any atom is 0.137 e. The topological polar surface area (TPSA) is 43.3 Å². The molecule has 0 atom stereocenters. The van der Waals surface area contributed by atoms with Crippen LogP contribution in [0.4, 0.5) is 0 Å². The molecule has 0 saturated heterocycles. The summed E-state index contributed by atoms with van der Waals surface area (Å²) in [4.78, 5) is 4.69. The van der Waals surface area contributed by atoms with Crippen LogP contribution in [0.15, 0.2) is 24.4 Å². The van der Waals surface area contributed by atoms with Crippen molar-refractivity contribution in [2.45, 2.75) is 44.6 Å². The van der Waals surface area contributed by atoms with E-state index in [4.69, 9.17) is 10.7 Å². The zero-order valence-electron chi connectivity index (χ0n) is 10.7. The van der Waals surface area contributed by atoms with E-state index < -0.39 is 0 Å². The van der Waals surface area contributed by atoms with Gasteiger partial charge in [-0.15, -0.1) is 0 Å². The Morgan fingerprint density at radius 2 is 2.00 bits per heavy atom. The van der Waals surface area contributed by atoms with E-state index in [0.29, 0.717) is 0 Å². The minimum Gasteiger partial charge on any atom is -0.320 e. The molecular weight excluding hydrogens is 210 g/mol. The molecule has 1 saturated carbocycles. The van der Waals surface area contributed by atoms with Gasteiger partial charge in [-0.3, -0.25) is 0 Å². The molecule has 2 heterocycles. The van der Waals surface area contributed by atoms with Crippen LogP contribution in [0.1, 0.15) is 45.0 Å². The molecule has 1 aliphatic rings. The van der Waals surface area contributed by atoms with Gasteiger partial charge in [-0.25, -0.2) is 4.98 Å². The van der Waals surface area contributed by atoms with E-state index in [1.54, 1.807) is 0 Å². The Balaban J connectivity index is 2.22. The van der Waals surface area contributed by atoms with Gasteiger partial charge in [-0.2, -0.15) is 0 Å². The summed E-state index contributed by atoms with van der Waals surface area (Å²) in [5.41, 5.74) is 9.58. The minimum atomic E-state index is -0.116. The number of imidazole rings is 1. The standard InChI is InChI=1S/C14H19N3/c1-13(2,3)10-9-17-11(14(15)7-8-14)5-4-6-12(17)16-10/h4-6,9H,7-8,15H2,1-3H3. The first-order valence-electron chi connectivity index (χ1n) is 6.18. The number of hydrogen-bond donors (Lipinski definition) is 1. The van der Waals surface area contributed by atoms with Gasteiger partial charge in [0.15, 0.2) is 0 Å². The smallest absolute Gasteiger partial charge is 0.137 e. The molecule has 3 heteroatoms. The van der Waals surface area contributed by atoms with Crippen LogP contribution >= 0.6 is 0 Å². The van der Waals surface area contributed by atoms with Crippen molar-refractivity contribution in [3.63, 3.8) is 0 Å². The highest BCUT2D eigenvalue weighted by molar-refractivity contribution is 5.45. The number of hydrogen-bond acceptors (Lipinski definition) is 2. The molecule has 3 nitrogen and oxygen atoms in total. The van der Waals surface area contributed by atoms with E-state index in [9.17, 15) is 0 Å². The van der Waals surface area contributed by atoms with E-state index in [-0.39, 0.29) is 11.0 Å². The second-order valence-electron chi connectivity index (χ2n) is 6.17. The van der Waals surface area contributed by atoms with Gasteiger partial charge < -0.3 is 10.1 Å². The van der Waals surface area contributed by atoms with E-state index in [1.165, 1.54) is 5.69 Å². The van der Waals surface area contributed by atoms with Crippen LogP contribution in [-0.4, -0.2) is 9.38 Å². The van der Waals surface area contributed by atoms with E-state index in [2.05, 4.69) is 43.5 Å². The molecule has 0 amide bonds. The first kappa shape index (κ1) is 10.8. The molecule has 1 aliphatic carbocycles. The van der Waals surface area contributed by atoms with Gasteiger partial charge in [0.05, 0.1) is 11.2 Å². The fraction of sp³-hybridized carbons (Fsp3) is 0.500. The molecule has 2 N–H and O–H groups in total. The zero-order chi connectivity index (χ0) is 12.3. The third-order valence-corrected chi connectivity index (χ3v) is 3.56. The lowest BCUT2D eigenvalue weighted by Crippen LogP contribution is -2.21. The summed E-state index contributed by atoms with van der Waals surface area (Å²) in [6.07, 6.45) is 4.29. The normalized spacial score (nSPS) is 18.6. The number of nitrogens with zero attached hydrogens (tertiary/aromatic N) is 2. The summed E-state index contributed by atoms with van der Waals surface area (Å²) in [6, 6.07) is 6.22. The number of pyridine rings is 1. The van der Waals surface area contributed by atoms with Crippen LogP contribution in [0.25, 0.3) is 5.65 Å². The van der Waals surface area contributed by atoms with Crippen molar-refractivity contribution in [2.24, 2.45) is 5.73 Å². The number of aromatic nitrogens is 2. The van der Waals surface area contributed by atoms with Gasteiger partial charge in [0.2, 0.25) is 0 Å². The maximum absolute atomic E-state index is 6.30. The quantitative estimate of drug-likeness (QED) is 0.816. The average molecular weight is 229 g/mol. The van der Waals surface area contributed by atoms with Crippen molar-refractivity contribution in [1.82, 2.24) is 9.38 Å². The molecule has 17 heavy (non-hydrogen) atoms. The molecule has 0 unspecified atom stereocenters. The van der Waals surface area contributed by atoms with Crippen molar-refractivity contribution in [2.75, 3.05) is 0 Å². The fourth-order valence-electron chi connectivity index (χ4n) is 2.17. The first-order chi connectivity index (χ1) is 7.90. The van der Waals surface area contributed by atoms with Crippen LogP contribution in [-0.2, 0) is 11.0 Å². The van der Waals surface area contributed by atoms with Crippen LogP contribution in [0.3, 0.4) is 0 Å². The SMILES string of the molecule is CC(C)(C)c1cn2c(C3(N)CC3)cccc2n1. The Morgan fingerprint density at radius 3 is 2.59 bits per heavy atom. The summed E-state index contributed by atoms with van der Waals surface area (Å²) >= 11 is 0. The molecule has 0 spiro atoms. The van der Waals surface area contributed by atoms with Gasteiger partial charge in [-0.1, -0.05) is 26.8 Å². The molecule has 90 valence electrons. The monoisotopic (exact) mass is 229 g/mol. The summed E-state index contributed by atoms with van der Waals surface area (Å²) in [5, 5.41) is 0. The van der Waals surface area contributed by atoms with Gasteiger partial charge in [0.25, 0.3) is 0 Å². The van der Waals surface area contributed by atoms with E-state index >= 15 is 0 Å². The highest BCUT2D eigenvalue weighted by Gasteiger charge is 2.42. The molecule has 0 radical (unpaired) electrons. The van der Waals surface area contributed by atoms with Crippen molar-refractivity contribution in [3.8, 4) is 0 Å². The second-order valence-corrected chi connectivity index (χ2v) is 6.17. The predicted molar refractivity (Wildman–Crippen MR) is 69.0 cm³/mol. The first-order valence-corrected chi connectivity index (χ1v) is 6.18. The number of rotatable bonds is 1. The van der Waals surface area contributed by atoms with Gasteiger partial charge in [-0.05, 0) is 25.0 Å². The van der Waals surface area contributed by atoms with Crippen LogP contribution in [0, 0.1) is 0 Å². The van der Waals surface area contributed by atoms with Gasteiger partial charge in [0.1, 0.15) is 5.65 Å². The van der Waals surface area contributed by atoms with Crippen LogP contribution in [0.5, 0.6) is 0 Å². The van der Waals surface area contributed by atoms with Crippen molar-refractivity contribution in [1.29, 1.82) is 0 Å². The lowest BCUT2D eigenvalue weighted by molar-refractivity contribution is 0.572. The molecule has 3 rings (SSSR count). The zero-order valence-corrected chi connectivity index (χ0v) is 10.7. The average Bonchev–Trinajstić information content (AvgIpc) is 2.83. The molecule has 0 aromatic carbocycles. The lowest BCUT2D eigenvalue weighted by Gasteiger charge is -2.14. The maximum atomic E-state index is 6.30. The molecule has 0 bridgehead atoms. The van der Waals surface area contributed by atoms with Crippen molar-refractivity contribution < 1.29 is 0 Å². The largest absolute Gasteiger partial charge is 0.320 e.